The van der Waals surface area contributed by atoms with Gasteiger partial charge < -0.3 is 5.32 Å². The fourth-order valence-electron chi connectivity index (χ4n) is 1.31. The standard InChI is InChI=1S/C12H14N4OS2/c17-11(16-12-15-7-9-19-12)14-6-3-8-18-10-4-1-2-5-13-10/h1-2,4-5,7,9H,3,6,8H2,(H2,14,15,16,17). The predicted molar refractivity (Wildman–Crippen MR) is 78.7 cm³/mol. The van der Waals surface area contributed by atoms with Crippen molar-refractivity contribution in [3.63, 3.8) is 0 Å². The van der Waals surface area contributed by atoms with Gasteiger partial charge >= 0.3 is 6.03 Å². The van der Waals surface area contributed by atoms with E-state index in [0.29, 0.717) is 11.7 Å². The van der Waals surface area contributed by atoms with Gasteiger partial charge in [0.2, 0.25) is 0 Å². The Morgan fingerprint density at radius 1 is 1.32 bits per heavy atom. The first-order valence-electron chi connectivity index (χ1n) is 5.83. The molecule has 0 aliphatic carbocycles. The highest BCUT2D eigenvalue weighted by atomic mass is 32.2. The van der Waals surface area contributed by atoms with Crippen molar-refractivity contribution in [3.8, 4) is 0 Å². The first-order valence-corrected chi connectivity index (χ1v) is 7.69. The van der Waals surface area contributed by atoms with Gasteiger partial charge in [-0.2, -0.15) is 0 Å². The van der Waals surface area contributed by atoms with Gasteiger partial charge in [0.05, 0.1) is 5.03 Å². The molecule has 0 saturated heterocycles. The summed E-state index contributed by atoms with van der Waals surface area (Å²) in [5.41, 5.74) is 0. The molecule has 100 valence electrons. The summed E-state index contributed by atoms with van der Waals surface area (Å²) in [5.74, 6) is 0.925. The number of carbonyl (C=O) groups excluding carboxylic acids is 1. The lowest BCUT2D eigenvalue weighted by Crippen LogP contribution is -2.29. The van der Waals surface area contributed by atoms with Gasteiger partial charge in [-0.15, -0.1) is 23.1 Å². The highest BCUT2D eigenvalue weighted by Crippen LogP contribution is 2.14. The molecule has 7 heteroatoms. The Morgan fingerprint density at radius 3 is 3.00 bits per heavy atom. The Bertz CT molecular complexity index is 490. The fraction of sp³-hybridized carbons (Fsp3) is 0.250. The Labute approximate surface area is 119 Å². The molecule has 19 heavy (non-hydrogen) atoms. The molecule has 0 fully saturated rings. The van der Waals surface area contributed by atoms with E-state index in [0.717, 1.165) is 17.2 Å². The van der Waals surface area contributed by atoms with Gasteiger partial charge in [0.1, 0.15) is 0 Å². The summed E-state index contributed by atoms with van der Waals surface area (Å²) in [6.45, 7) is 0.636. The number of nitrogens with zero attached hydrogens (tertiary/aromatic N) is 2. The molecule has 0 bridgehead atoms. The van der Waals surface area contributed by atoms with Crippen LogP contribution >= 0.6 is 23.1 Å². The van der Waals surface area contributed by atoms with Gasteiger partial charge in [-0.1, -0.05) is 6.07 Å². The van der Waals surface area contributed by atoms with E-state index in [1.807, 2.05) is 23.6 Å². The van der Waals surface area contributed by atoms with Crippen molar-refractivity contribution >= 4 is 34.3 Å². The van der Waals surface area contributed by atoms with Crippen molar-refractivity contribution in [2.75, 3.05) is 17.6 Å². The van der Waals surface area contributed by atoms with E-state index in [9.17, 15) is 4.79 Å². The molecule has 0 radical (unpaired) electrons. The smallest absolute Gasteiger partial charge is 0.321 e. The molecule has 2 aromatic heterocycles. The molecule has 0 spiro atoms. The average Bonchev–Trinajstić information content (AvgIpc) is 2.92. The van der Waals surface area contributed by atoms with E-state index in [4.69, 9.17) is 0 Å². The van der Waals surface area contributed by atoms with Crippen molar-refractivity contribution in [1.29, 1.82) is 0 Å². The number of pyridine rings is 1. The molecular formula is C12H14N4OS2. The third-order valence-electron chi connectivity index (χ3n) is 2.15. The number of hydrogen-bond donors (Lipinski definition) is 2. The van der Waals surface area contributed by atoms with Crippen LogP contribution in [-0.4, -0.2) is 28.3 Å². The molecule has 0 aliphatic rings. The van der Waals surface area contributed by atoms with Crippen LogP contribution in [0.4, 0.5) is 9.93 Å². The number of nitrogens with one attached hydrogen (secondary N) is 2. The van der Waals surface area contributed by atoms with Gasteiger partial charge in [0.25, 0.3) is 0 Å². The van der Waals surface area contributed by atoms with Crippen molar-refractivity contribution in [2.24, 2.45) is 0 Å². The second-order valence-electron chi connectivity index (χ2n) is 3.59. The van der Waals surface area contributed by atoms with Crippen LogP contribution in [0.5, 0.6) is 0 Å². The SMILES string of the molecule is O=C(NCCCSc1ccccn1)Nc1nccs1. The summed E-state index contributed by atoms with van der Waals surface area (Å²) in [7, 11) is 0. The van der Waals surface area contributed by atoms with Crippen LogP contribution in [0.2, 0.25) is 0 Å². The van der Waals surface area contributed by atoms with Crippen LogP contribution < -0.4 is 10.6 Å². The zero-order valence-electron chi connectivity index (χ0n) is 10.2. The molecule has 0 saturated carbocycles. The Balaban J connectivity index is 1.56. The van der Waals surface area contributed by atoms with E-state index in [1.165, 1.54) is 11.3 Å². The lowest BCUT2D eigenvalue weighted by molar-refractivity contribution is 0.252. The summed E-state index contributed by atoms with van der Waals surface area (Å²) in [6, 6.07) is 5.63. The Morgan fingerprint density at radius 2 is 2.26 bits per heavy atom. The monoisotopic (exact) mass is 294 g/mol. The van der Waals surface area contributed by atoms with E-state index in [1.54, 1.807) is 24.2 Å². The Hall–Kier alpha value is -1.60. The molecule has 2 rings (SSSR count). The van der Waals surface area contributed by atoms with Crippen LogP contribution in [0.3, 0.4) is 0 Å². The largest absolute Gasteiger partial charge is 0.338 e. The quantitative estimate of drug-likeness (QED) is 0.635. The normalized spacial score (nSPS) is 10.1. The van der Waals surface area contributed by atoms with Gasteiger partial charge in [0.15, 0.2) is 5.13 Å². The minimum atomic E-state index is -0.210. The maximum Gasteiger partial charge on any atom is 0.321 e. The third-order valence-corrected chi connectivity index (χ3v) is 3.87. The summed E-state index contributed by atoms with van der Waals surface area (Å²) >= 11 is 3.08. The van der Waals surface area contributed by atoms with Crippen LogP contribution in [0.25, 0.3) is 0 Å². The molecule has 0 atom stereocenters. The first kappa shape index (κ1) is 13.8. The highest BCUT2D eigenvalue weighted by Gasteiger charge is 2.02. The molecule has 5 nitrogen and oxygen atoms in total. The maximum atomic E-state index is 11.5. The number of rotatable bonds is 6. The fourth-order valence-corrected chi connectivity index (χ4v) is 2.64. The second kappa shape index (κ2) is 7.75. The maximum absolute atomic E-state index is 11.5. The summed E-state index contributed by atoms with van der Waals surface area (Å²) in [6.07, 6.45) is 4.33. The number of urea groups is 1. The lowest BCUT2D eigenvalue weighted by Gasteiger charge is -2.05. The first-order chi connectivity index (χ1) is 9.34. The number of hydrogen-bond acceptors (Lipinski definition) is 5. The number of carbonyl (C=O) groups is 1. The zero-order valence-corrected chi connectivity index (χ0v) is 11.8. The third kappa shape index (κ3) is 5.27. The topological polar surface area (TPSA) is 66.9 Å². The van der Waals surface area contributed by atoms with Crippen LogP contribution in [-0.2, 0) is 0 Å². The van der Waals surface area contributed by atoms with Gasteiger partial charge in [-0.05, 0) is 18.6 Å². The van der Waals surface area contributed by atoms with Crippen LogP contribution in [0.1, 0.15) is 6.42 Å². The van der Waals surface area contributed by atoms with Gasteiger partial charge in [-0.25, -0.2) is 14.8 Å². The highest BCUT2D eigenvalue weighted by molar-refractivity contribution is 7.99. The summed E-state index contributed by atoms with van der Waals surface area (Å²) < 4.78 is 0. The van der Waals surface area contributed by atoms with Crippen molar-refractivity contribution in [3.05, 3.63) is 36.0 Å². The average molecular weight is 294 g/mol. The van der Waals surface area contributed by atoms with Crippen LogP contribution in [0.15, 0.2) is 41.0 Å². The summed E-state index contributed by atoms with van der Waals surface area (Å²) in [5, 5.41) is 8.90. The van der Waals surface area contributed by atoms with Crippen molar-refractivity contribution < 1.29 is 4.79 Å². The zero-order chi connectivity index (χ0) is 13.3. The van der Waals surface area contributed by atoms with Gasteiger partial charge in [-0.3, -0.25) is 5.32 Å². The van der Waals surface area contributed by atoms with E-state index in [-0.39, 0.29) is 6.03 Å². The predicted octanol–water partition coefficient (Wildman–Crippen LogP) is 2.84. The second-order valence-corrected chi connectivity index (χ2v) is 5.60. The van der Waals surface area contributed by atoms with Crippen molar-refractivity contribution in [2.45, 2.75) is 11.4 Å². The van der Waals surface area contributed by atoms with Crippen LogP contribution in [0, 0.1) is 0 Å². The minimum absolute atomic E-state index is 0.210. The van der Waals surface area contributed by atoms with E-state index >= 15 is 0 Å². The molecule has 2 N–H and O–H groups in total. The molecular weight excluding hydrogens is 280 g/mol. The van der Waals surface area contributed by atoms with E-state index < -0.39 is 0 Å². The Kier molecular flexibility index (Phi) is 5.64. The lowest BCUT2D eigenvalue weighted by atomic mass is 10.5. The van der Waals surface area contributed by atoms with Gasteiger partial charge in [0, 0.05) is 30.1 Å². The number of amides is 2. The molecule has 2 aromatic rings. The van der Waals surface area contributed by atoms with Crippen molar-refractivity contribution in [1.82, 2.24) is 15.3 Å². The minimum Gasteiger partial charge on any atom is -0.338 e. The number of anilines is 1. The van der Waals surface area contributed by atoms with E-state index in [2.05, 4.69) is 20.6 Å². The molecule has 0 aromatic carbocycles. The number of aromatic nitrogens is 2. The molecule has 2 amide bonds. The number of thiazole rings is 1. The summed E-state index contributed by atoms with van der Waals surface area (Å²) in [4.78, 5) is 19.7. The number of thioether (sulfide) groups is 1. The molecule has 2 heterocycles. The molecule has 0 aliphatic heterocycles. The molecule has 0 unspecified atom stereocenters.